The van der Waals surface area contributed by atoms with Crippen LogP contribution in [-0.4, -0.2) is 15.9 Å². The highest BCUT2D eigenvalue weighted by atomic mass is 32.1. The highest BCUT2D eigenvalue weighted by Crippen LogP contribution is 2.33. The molecule has 1 amide bonds. The van der Waals surface area contributed by atoms with Crippen LogP contribution in [0, 0.1) is 6.92 Å². The van der Waals surface area contributed by atoms with Crippen LogP contribution in [0.5, 0.6) is 0 Å². The first-order chi connectivity index (χ1) is 13.2. The average molecular weight is 371 g/mol. The number of benzene rings is 2. The molecule has 0 bridgehead atoms. The Balaban J connectivity index is 1.54. The van der Waals surface area contributed by atoms with Crippen molar-refractivity contribution in [3.63, 3.8) is 0 Å². The van der Waals surface area contributed by atoms with Crippen LogP contribution in [0.1, 0.15) is 15.2 Å². The number of nitrogens with zero attached hydrogens (tertiary/aromatic N) is 2. The Morgan fingerprint density at radius 2 is 1.59 bits per heavy atom. The molecule has 0 aliphatic rings. The molecule has 4 nitrogen and oxygen atoms in total. The maximum absolute atomic E-state index is 12.2. The second kappa shape index (κ2) is 7.51. The van der Waals surface area contributed by atoms with Gasteiger partial charge >= 0.3 is 0 Å². The molecule has 0 fully saturated rings. The van der Waals surface area contributed by atoms with Crippen LogP contribution in [0.25, 0.3) is 21.8 Å². The molecule has 0 spiro atoms. The van der Waals surface area contributed by atoms with E-state index in [2.05, 4.69) is 29.4 Å². The predicted octanol–water partition coefficient (Wildman–Crippen LogP) is 5.43. The SMILES string of the molecule is Cc1sc(-c2ccccc2)nc1-c1ccc(NC(=O)c2ccncc2)cc1. The minimum absolute atomic E-state index is 0.152. The van der Waals surface area contributed by atoms with Crippen molar-refractivity contribution in [2.75, 3.05) is 5.32 Å². The van der Waals surface area contributed by atoms with Gasteiger partial charge in [-0.1, -0.05) is 42.5 Å². The second-order valence-corrected chi connectivity index (χ2v) is 7.26. The van der Waals surface area contributed by atoms with E-state index < -0.39 is 0 Å². The Kier molecular flexibility index (Phi) is 4.77. The van der Waals surface area contributed by atoms with Gasteiger partial charge in [0.05, 0.1) is 5.69 Å². The van der Waals surface area contributed by atoms with E-state index in [0.717, 1.165) is 27.5 Å². The van der Waals surface area contributed by atoms with E-state index in [1.54, 1.807) is 35.9 Å². The first-order valence-corrected chi connectivity index (χ1v) is 9.37. The molecular formula is C22H17N3OS. The number of carbonyl (C=O) groups is 1. The molecule has 132 valence electrons. The predicted molar refractivity (Wildman–Crippen MR) is 110 cm³/mol. The van der Waals surface area contributed by atoms with Gasteiger partial charge < -0.3 is 5.32 Å². The summed E-state index contributed by atoms with van der Waals surface area (Å²) >= 11 is 1.69. The highest BCUT2D eigenvalue weighted by molar-refractivity contribution is 7.15. The molecule has 2 heterocycles. The topological polar surface area (TPSA) is 54.9 Å². The Morgan fingerprint density at radius 1 is 0.889 bits per heavy atom. The van der Waals surface area contributed by atoms with Crippen molar-refractivity contribution in [1.82, 2.24) is 9.97 Å². The van der Waals surface area contributed by atoms with Crippen molar-refractivity contribution in [3.8, 4) is 21.8 Å². The Hall–Kier alpha value is -3.31. The van der Waals surface area contributed by atoms with E-state index in [9.17, 15) is 4.79 Å². The maximum atomic E-state index is 12.2. The molecule has 0 saturated heterocycles. The molecule has 4 rings (SSSR count). The van der Waals surface area contributed by atoms with E-state index in [4.69, 9.17) is 4.98 Å². The smallest absolute Gasteiger partial charge is 0.255 e. The van der Waals surface area contributed by atoms with Gasteiger partial charge in [0.25, 0.3) is 5.91 Å². The van der Waals surface area contributed by atoms with Crippen LogP contribution in [0.3, 0.4) is 0 Å². The van der Waals surface area contributed by atoms with E-state index >= 15 is 0 Å². The van der Waals surface area contributed by atoms with Crippen LogP contribution < -0.4 is 5.32 Å². The van der Waals surface area contributed by atoms with Crippen LogP contribution in [0.15, 0.2) is 79.1 Å². The molecule has 2 aromatic carbocycles. The lowest BCUT2D eigenvalue weighted by Gasteiger charge is -2.06. The number of thiazole rings is 1. The molecular weight excluding hydrogens is 354 g/mol. The lowest BCUT2D eigenvalue weighted by atomic mass is 10.1. The Morgan fingerprint density at radius 3 is 2.30 bits per heavy atom. The van der Waals surface area contributed by atoms with E-state index in [1.165, 1.54) is 4.88 Å². The summed E-state index contributed by atoms with van der Waals surface area (Å²) in [6.45, 7) is 2.08. The summed E-state index contributed by atoms with van der Waals surface area (Å²) < 4.78 is 0. The van der Waals surface area contributed by atoms with Gasteiger partial charge in [0.1, 0.15) is 5.01 Å². The van der Waals surface area contributed by atoms with Gasteiger partial charge in [-0.3, -0.25) is 9.78 Å². The molecule has 0 aliphatic heterocycles. The summed E-state index contributed by atoms with van der Waals surface area (Å²) in [5.74, 6) is -0.152. The molecule has 1 N–H and O–H groups in total. The molecule has 2 aromatic heterocycles. The van der Waals surface area contributed by atoms with Gasteiger partial charge in [0.2, 0.25) is 0 Å². The first kappa shape index (κ1) is 17.1. The summed E-state index contributed by atoms with van der Waals surface area (Å²) in [7, 11) is 0. The number of pyridine rings is 1. The van der Waals surface area contributed by atoms with E-state index in [1.807, 2.05) is 42.5 Å². The zero-order valence-electron chi connectivity index (χ0n) is 14.7. The number of anilines is 1. The average Bonchev–Trinajstić information content (AvgIpc) is 3.11. The summed E-state index contributed by atoms with van der Waals surface area (Å²) in [6.07, 6.45) is 3.21. The van der Waals surface area contributed by atoms with Crippen LogP contribution in [-0.2, 0) is 0 Å². The van der Waals surface area contributed by atoms with Gasteiger partial charge in [-0.15, -0.1) is 11.3 Å². The fourth-order valence-electron chi connectivity index (χ4n) is 2.79. The lowest BCUT2D eigenvalue weighted by Crippen LogP contribution is -2.11. The summed E-state index contributed by atoms with van der Waals surface area (Å²) in [4.78, 5) is 22.1. The normalized spacial score (nSPS) is 10.6. The molecule has 0 aliphatic carbocycles. The zero-order chi connectivity index (χ0) is 18.6. The fraction of sp³-hybridized carbons (Fsp3) is 0.0455. The van der Waals surface area contributed by atoms with Crippen LogP contribution in [0.2, 0.25) is 0 Å². The van der Waals surface area contributed by atoms with E-state index in [-0.39, 0.29) is 5.91 Å². The van der Waals surface area contributed by atoms with Gasteiger partial charge in [-0.25, -0.2) is 4.98 Å². The van der Waals surface area contributed by atoms with Gasteiger partial charge in [-0.2, -0.15) is 0 Å². The quantitative estimate of drug-likeness (QED) is 0.520. The second-order valence-electron chi connectivity index (χ2n) is 6.06. The third-order valence-electron chi connectivity index (χ3n) is 4.18. The number of aromatic nitrogens is 2. The maximum Gasteiger partial charge on any atom is 0.255 e. The molecule has 0 saturated carbocycles. The first-order valence-electron chi connectivity index (χ1n) is 8.55. The largest absolute Gasteiger partial charge is 0.322 e. The van der Waals surface area contributed by atoms with E-state index in [0.29, 0.717) is 5.56 Å². The number of hydrogen-bond donors (Lipinski definition) is 1. The summed E-state index contributed by atoms with van der Waals surface area (Å²) in [5, 5.41) is 3.91. The van der Waals surface area contributed by atoms with Crippen LogP contribution >= 0.6 is 11.3 Å². The van der Waals surface area contributed by atoms with Crippen molar-refractivity contribution in [2.45, 2.75) is 6.92 Å². The molecule has 4 aromatic rings. The zero-order valence-corrected chi connectivity index (χ0v) is 15.5. The number of hydrogen-bond acceptors (Lipinski definition) is 4. The van der Waals surface area contributed by atoms with Crippen molar-refractivity contribution in [3.05, 3.63) is 89.6 Å². The van der Waals surface area contributed by atoms with Crippen LogP contribution in [0.4, 0.5) is 5.69 Å². The highest BCUT2D eigenvalue weighted by Gasteiger charge is 2.12. The minimum atomic E-state index is -0.152. The minimum Gasteiger partial charge on any atom is -0.322 e. The number of nitrogens with one attached hydrogen (secondary N) is 1. The van der Waals surface area contributed by atoms with Crippen molar-refractivity contribution >= 4 is 22.9 Å². The number of amides is 1. The third-order valence-corrected chi connectivity index (χ3v) is 5.20. The van der Waals surface area contributed by atoms with Gasteiger partial charge in [0, 0.05) is 39.6 Å². The number of aryl methyl sites for hydroxylation is 1. The van der Waals surface area contributed by atoms with Crippen molar-refractivity contribution < 1.29 is 4.79 Å². The number of carbonyl (C=O) groups excluding carboxylic acids is 1. The third kappa shape index (κ3) is 3.78. The molecule has 27 heavy (non-hydrogen) atoms. The van der Waals surface area contributed by atoms with Crippen molar-refractivity contribution in [1.29, 1.82) is 0 Å². The molecule has 0 unspecified atom stereocenters. The van der Waals surface area contributed by atoms with Crippen molar-refractivity contribution in [2.24, 2.45) is 0 Å². The fourth-order valence-corrected chi connectivity index (χ4v) is 3.73. The Labute approximate surface area is 161 Å². The molecule has 0 radical (unpaired) electrons. The summed E-state index contributed by atoms with van der Waals surface area (Å²) in [6, 6.07) is 21.3. The lowest BCUT2D eigenvalue weighted by molar-refractivity contribution is 0.102. The number of rotatable bonds is 4. The Bertz CT molecular complexity index is 1060. The monoisotopic (exact) mass is 371 g/mol. The molecule has 0 atom stereocenters. The standard InChI is InChI=1S/C22H17N3OS/c1-15-20(25-22(27-15)18-5-3-2-4-6-18)16-7-9-19(10-8-16)24-21(26)17-11-13-23-14-12-17/h2-14H,1H3,(H,24,26). The van der Waals surface area contributed by atoms with Gasteiger partial charge in [0.15, 0.2) is 0 Å². The molecule has 5 heteroatoms. The summed E-state index contributed by atoms with van der Waals surface area (Å²) in [5.41, 5.74) is 4.46. The van der Waals surface area contributed by atoms with Gasteiger partial charge in [-0.05, 0) is 31.2 Å².